The average Bonchev–Trinajstić information content (AvgIpc) is 2.89. The number of guanidine groups is 1. The molecule has 1 fully saturated rings. The van der Waals surface area contributed by atoms with Crippen LogP contribution in [-0.2, 0) is 16.9 Å². The molecule has 0 bridgehead atoms. The molecule has 5 rings (SSSR count). The van der Waals surface area contributed by atoms with Gasteiger partial charge in [-0.1, -0.05) is 67.6 Å². The van der Waals surface area contributed by atoms with Gasteiger partial charge in [0.1, 0.15) is 11.5 Å². The maximum Gasteiger partial charge on any atom is 0.233 e. The van der Waals surface area contributed by atoms with Crippen LogP contribution in [0, 0.1) is 5.92 Å². The summed E-state index contributed by atoms with van der Waals surface area (Å²) in [4.78, 5) is 31.2. The molecular formula is C27H31N7O. The molecule has 1 amide bonds. The van der Waals surface area contributed by atoms with E-state index in [2.05, 4.69) is 29.4 Å². The number of amides is 1. The Kier molecular flexibility index (Phi) is 6.46. The summed E-state index contributed by atoms with van der Waals surface area (Å²) in [6.07, 6.45) is 3.71. The third-order valence-electron chi connectivity index (χ3n) is 6.69. The van der Waals surface area contributed by atoms with E-state index in [1.165, 1.54) is 5.56 Å². The van der Waals surface area contributed by atoms with Gasteiger partial charge in [0.2, 0.25) is 17.8 Å². The molecule has 0 radical (unpaired) electrons. The van der Waals surface area contributed by atoms with Crippen molar-refractivity contribution in [2.24, 2.45) is 16.6 Å². The van der Waals surface area contributed by atoms with Crippen molar-refractivity contribution in [1.29, 1.82) is 0 Å². The van der Waals surface area contributed by atoms with Gasteiger partial charge < -0.3 is 11.1 Å². The lowest BCUT2D eigenvalue weighted by molar-refractivity contribution is -0.130. The number of rotatable bonds is 7. The highest BCUT2D eigenvalue weighted by atomic mass is 16.2. The Morgan fingerprint density at radius 3 is 2.49 bits per heavy atom. The van der Waals surface area contributed by atoms with Crippen LogP contribution >= 0.6 is 0 Å². The van der Waals surface area contributed by atoms with Gasteiger partial charge in [-0.25, -0.2) is 9.98 Å². The molecule has 2 aliphatic rings. The van der Waals surface area contributed by atoms with Gasteiger partial charge >= 0.3 is 0 Å². The minimum absolute atomic E-state index is 0.0141. The summed E-state index contributed by atoms with van der Waals surface area (Å²) in [7, 11) is 0. The van der Waals surface area contributed by atoms with Crippen molar-refractivity contribution in [2.45, 2.75) is 31.8 Å². The number of carbonyl (C=O) groups excluding carboxylic acids is 1. The molecule has 2 atom stereocenters. The molecule has 180 valence electrons. The van der Waals surface area contributed by atoms with Crippen molar-refractivity contribution in [1.82, 2.24) is 14.9 Å². The standard InChI is InChI=1S/C27H31N7O/c1-2-20-18-33(23-14-16-30-25(31-23)29-15-13-21-9-5-3-6-10-21)26-32-27(28,17-24(35)34(26)19-20)22-11-7-4-8-12-22/h3-12,14,16,20H,2,13,15,17-19,28H2,1H3,(H,29,30,31). The van der Waals surface area contributed by atoms with Crippen LogP contribution in [0.1, 0.15) is 30.9 Å². The summed E-state index contributed by atoms with van der Waals surface area (Å²) in [5.74, 6) is 2.11. The minimum Gasteiger partial charge on any atom is -0.354 e. The van der Waals surface area contributed by atoms with E-state index in [-0.39, 0.29) is 12.3 Å². The number of fused-ring (bicyclic) bond motifs is 1. The van der Waals surface area contributed by atoms with Crippen molar-refractivity contribution >= 4 is 23.6 Å². The number of hydrogen-bond donors (Lipinski definition) is 2. The largest absolute Gasteiger partial charge is 0.354 e. The number of nitrogens with one attached hydrogen (secondary N) is 1. The first kappa shape index (κ1) is 23.0. The lowest BCUT2D eigenvalue weighted by Gasteiger charge is -2.46. The van der Waals surface area contributed by atoms with E-state index in [9.17, 15) is 4.79 Å². The number of aromatic nitrogens is 2. The summed E-state index contributed by atoms with van der Waals surface area (Å²) in [6, 6.07) is 21.8. The predicted octanol–water partition coefficient (Wildman–Crippen LogP) is 3.38. The predicted molar refractivity (Wildman–Crippen MR) is 138 cm³/mol. The van der Waals surface area contributed by atoms with Gasteiger partial charge in [0.25, 0.3) is 0 Å². The third kappa shape index (κ3) is 4.88. The lowest BCUT2D eigenvalue weighted by Crippen LogP contribution is -2.62. The Morgan fingerprint density at radius 2 is 1.74 bits per heavy atom. The molecule has 1 aromatic heterocycles. The Hall–Kier alpha value is -3.78. The van der Waals surface area contributed by atoms with E-state index in [1.807, 2.05) is 59.5 Å². The highest BCUT2D eigenvalue weighted by Gasteiger charge is 2.44. The zero-order chi connectivity index (χ0) is 24.3. The van der Waals surface area contributed by atoms with Gasteiger partial charge in [-0.2, -0.15) is 4.98 Å². The van der Waals surface area contributed by atoms with E-state index in [4.69, 9.17) is 15.7 Å². The number of aliphatic imine (C=N–C) groups is 1. The van der Waals surface area contributed by atoms with E-state index < -0.39 is 5.66 Å². The highest BCUT2D eigenvalue weighted by Crippen LogP contribution is 2.33. The summed E-state index contributed by atoms with van der Waals surface area (Å²) in [6.45, 7) is 4.22. The molecule has 3 N–H and O–H groups in total. The maximum absolute atomic E-state index is 13.3. The van der Waals surface area contributed by atoms with Gasteiger partial charge in [0.05, 0.1) is 6.42 Å². The first-order chi connectivity index (χ1) is 17.1. The second-order valence-corrected chi connectivity index (χ2v) is 9.17. The van der Waals surface area contributed by atoms with Crippen molar-refractivity contribution in [3.05, 3.63) is 84.1 Å². The Bertz CT molecular complexity index is 1200. The van der Waals surface area contributed by atoms with Crippen LogP contribution in [-0.4, -0.2) is 46.4 Å². The number of hydrogen-bond acceptors (Lipinski definition) is 7. The molecule has 2 unspecified atom stereocenters. The normalized spacial score (nSPS) is 21.9. The molecule has 8 heteroatoms. The average molecular weight is 470 g/mol. The lowest BCUT2D eigenvalue weighted by atomic mass is 9.93. The summed E-state index contributed by atoms with van der Waals surface area (Å²) in [5, 5.41) is 3.33. The Balaban J connectivity index is 1.43. The van der Waals surface area contributed by atoms with E-state index in [0.717, 1.165) is 24.9 Å². The maximum atomic E-state index is 13.3. The van der Waals surface area contributed by atoms with Crippen LogP contribution in [0.2, 0.25) is 0 Å². The van der Waals surface area contributed by atoms with Crippen LogP contribution < -0.4 is 16.0 Å². The fourth-order valence-corrected chi connectivity index (χ4v) is 4.66. The Labute approximate surface area is 205 Å². The molecule has 0 saturated carbocycles. The smallest absolute Gasteiger partial charge is 0.233 e. The van der Waals surface area contributed by atoms with Crippen molar-refractivity contribution in [3.63, 3.8) is 0 Å². The van der Waals surface area contributed by atoms with Gasteiger partial charge in [0, 0.05) is 25.8 Å². The monoisotopic (exact) mass is 469 g/mol. The molecule has 2 aliphatic heterocycles. The quantitative estimate of drug-likeness (QED) is 0.550. The Morgan fingerprint density at radius 1 is 1.03 bits per heavy atom. The molecule has 1 saturated heterocycles. The van der Waals surface area contributed by atoms with Crippen LogP contribution in [0.25, 0.3) is 0 Å². The molecular weight excluding hydrogens is 438 g/mol. The van der Waals surface area contributed by atoms with Crippen molar-refractivity contribution in [3.8, 4) is 0 Å². The SMILES string of the molecule is CCC1CN2C(=O)CC(N)(c3ccccc3)N=C2N(c2ccnc(NCCc3ccccc3)n2)C1. The van der Waals surface area contributed by atoms with Crippen LogP contribution in [0.15, 0.2) is 77.9 Å². The zero-order valence-corrected chi connectivity index (χ0v) is 20.0. The minimum atomic E-state index is -1.11. The third-order valence-corrected chi connectivity index (χ3v) is 6.69. The topological polar surface area (TPSA) is 99.7 Å². The molecule has 0 aliphatic carbocycles. The van der Waals surface area contributed by atoms with E-state index >= 15 is 0 Å². The number of nitrogens with zero attached hydrogens (tertiary/aromatic N) is 5. The number of benzene rings is 2. The fraction of sp³-hybridized carbons (Fsp3) is 0.333. The summed E-state index contributed by atoms with van der Waals surface area (Å²) < 4.78 is 0. The first-order valence-electron chi connectivity index (χ1n) is 12.2. The zero-order valence-electron chi connectivity index (χ0n) is 20.0. The highest BCUT2D eigenvalue weighted by molar-refractivity contribution is 6.08. The van der Waals surface area contributed by atoms with Crippen molar-refractivity contribution in [2.75, 3.05) is 29.9 Å². The van der Waals surface area contributed by atoms with E-state index in [0.29, 0.717) is 36.7 Å². The summed E-state index contributed by atoms with van der Waals surface area (Å²) in [5.41, 5.74) is 7.70. The molecule has 8 nitrogen and oxygen atoms in total. The van der Waals surface area contributed by atoms with Crippen LogP contribution in [0.5, 0.6) is 0 Å². The van der Waals surface area contributed by atoms with E-state index in [1.54, 1.807) is 11.1 Å². The second-order valence-electron chi connectivity index (χ2n) is 9.17. The van der Waals surface area contributed by atoms with Gasteiger partial charge in [-0.05, 0) is 36.0 Å². The molecule has 2 aromatic carbocycles. The van der Waals surface area contributed by atoms with Crippen molar-refractivity contribution < 1.29 is 4.79 Å². The molecule has 3 aromatic rings. The van der Waals surface area contributed by atoms with Gasteiger partial charge in [-0.15, -0.1) is 0 Å². The molecule has 3 heterocycles. The van der Waals surface area contributed by atoms with Gasteiger partial charge in [0.15, 0.2) is 0 Å². The summed E-state index contributed by atoms with van der Waals surface area (Å²) >= 11 is 0. The van der Waals surface area contributed by atoms with Crippen LogP contribution in [0.3, 0.4) is 0 Å². The molecule has 0 spiro atoms. The fourth-order valence-electron chi connectivity index (χ4n) is 4.66. The number of nitrogens with two attached hydrogens (primary N) is 1. The number of carbonyl (C=O) groups is 1. The van der Waals surface area contributed by atoms with Crippen LogP contribution in [0.4, 0.5) is 11.8 Å². The van der Waals surface area contributed by atoms with Gasteiger partial charge in [-0.3, -0.25) is 14.6 Å². The first-order valence-corrected chi connectivity index (χ1v) is 12.2. The molecule has 35 heavy (non-hydrogen) atoms. The second kappa shape index (κ2) is 9.84. The number of anilines is 2.